The number of benzene rings is 2. The summed E-state index contributed by atoms with van der Waals surface area (Å²) in [5, 5.41) is 11.3. The third kappa shape index (κ3) is 3.94. The molecule has 3 heterocycles. The molecule has 0 unspecified atom stereocenters. The zero-order valence-corrected chi connectivity index (χ0v) is 17.4. The highest BCUT2D eigenvalue weighted by atomic mass is 19.1. The molecule has 7 heteroatoms. The predicted molar refractivity (Wildman–Crippen MR) is 121 cm³/mol. The first kappa shape index (κ1) is 20.2. The molecule has 32 heavy (non-hydrogen) atoms. The fourth-order valence-electron chi connectivity index (χ4n) is 4.12. The summed E-state index contributed by atoms with van der Waals surface area (Å²) >= 11 is 0. The van der Waals surface area contributed by atoms with Crippen molar-refractivity contribution in [3.8, 4) is 17.0 Å². The van der Waals surface area contributed by atoms with Crippen molar-refractivity contribution < 1.29 is 13.9 Å². The van der Waals surface area contributed by atoms with Crippen LogP contribution in [0.4, 0.5) is 10.1 Å². The van der Waals surface area contributed by atoms with Crippen LogP contribution in [0.15, 0.2) is 76.1 Å². The number of nitrogens with zero attached hydrogens (tertiary/aromatic N) is 3. The van der Waals surface area contributed by atoms with E-state index in [-0.39, 0.29) is 11.6 Å². The first-order chi connectivity index (χ1) is 15.6. The van der Waals surface area contributed by atoms with E-state index < -0.39 is 5.63 Å². The molecule has 1 aliphatic heterocycles. The second kappa shape index (κ2) is 8.43. The van der Waals surface area contributed by atoms with Gasteiger partial charge in [0.25, 0.3) is 0 Å². The minimum atomic E-state index is -0.482. The number of hydrogen-bond donors (Lipinski definition) is 1. The molecule has 2 aromatic heterocycles. The van der Waals surface area contributed by atoms with Gasteiger partial charge in [-0.3, -0.25) is 9.88 Å². The van der Waals surface area contributed by atoms with Crippen molar-refractivity contribution in [3.63, 3.8) is 0 Å². The number of phenols is 1. The summed E-state index contributed by atoms with van der Waals surface area (Å²) in [6.45, 7) is 3.56. The lowest BCUT2D eigenvalue weighted by Crippen LogP contribution is -2.46. The van der Waals surface area contributed by atoms with E-state index in [0.29, 0.717) is 28.9 Å². The van der Waals surface area contributed by atoms with Crippen molar-refractivity contribution in [2.24, 2.45) is 0 Å². The molecule has 1 saturated heterocycles. The number of pyridine rings is 1. The fourth-order valence-corrected chi connectivity index (χ4v) is 4.12. The summed E-state index contributed by atoms with van der Waals surface area (Å²) in [5.41, 5.74) is 2.45. The van der Waals surface area contributed by atoms with Crippen molar-refractivity contribution in [1.82, 2.24) is 9.88 Å². The maximum absolute atomic E-state index is 13.2. The SMILES string of the molecule is O=c1oc2c(CN3CCN(c4ccc(F)cc4)CC3)c(O)ccc2cc1-c1ccccn1. The van der Waals surface area contributed by atoms with Gasteiger partial charge in [-0.25, -0.2) is 9.18 Å². The number of fused-ring (bicyclic) bond motifs is 1. The zero-order valence-electron chi connectivity index (χ0n) is 17.4. The van der Waals surface area contributed by atoms with Gasteiger partial charge in [0.2, 0.25) is 0 Å². The van der Waals surface area contributed by atoms with Gasteiger partial charge >= 0.3 is 5.63 Å². The molecule has 0 bridgehead atoms. The lowest BCUT2D eigenvalue weighted by molar-refractivity contribution is 0.246. The Labute approximate surface area is 184 Å². The second-order valence-corrected chi connectivity index (χ2v) is 7.88. The predicted octanol–water partition coefficient (Wildman–Crippen LogP) is 4.02. The first-order valence-electron chi connectivity index (χ1n) is 10.5. The molecule has 162 valence electrons. The van der Waals surface area contributed by atoms with Gasteiger partial charge in [0.15, 0.2) is 0 Å². The maximum Gasteiger partial charge on any atom is 0.345 e. The lowest BCUT2D eigenvalue weighted by atomic mass is 10.1. The molecule has 0 spiro atoms. The standard InChI is InChI=1S/C25H22FN3O3/c26-18-5-7-19(8-6-18)29-13-11-28(12-14-29)16-21-23(30)9-4-17-15-20(25(31)32-24(17)21)22-3-1-2-10-27-22/h1-10,15,30H,11-14,16H2. The van der Waals surface area contributed by atoms with Crippen LogP contribution in [0, 0.1) is 5.82 Å². The Morgan fingerprint density at radius 3 is 2.50 bits per heavy atom. The molecule has 1 aliphatic rings. The molecule has 6 nitrogen and oxygen atoms in total. The maximum atomic E-state index is 13.2. The Morgan fingerprint density at radius 1 is 1.00 bits per heavy atom. The summed E-state index contributed by atoms with van der Waals surface area (Å²) in [7, 11) is 0. The van der Waals surface area contributed by atoms with Crippen molar-refractivity contribution in [2.75, 3.05) is 31.1 Å². The van der Waals surface area contributed by atoms with Crippen LogP contribution in [0.2, 0.25) is 0 Å². The molecule has 2 aromatic carbocycles. The highest BCUT2D eigenvalue weighted by molar-refractivity contribution is 5.85. The van der Waals surface area contributed by atoms with E-state index in [1.165, 1.54) is 12.1 Å². The molecule has 4 aromatic rings. The monoisotopic (exact) mass is 431 g/mol. The summed E-state index contributed by atoms with van der Waals surface area (Å²) < 4.78 is 18.9. The molecule has 0 radical (unpaired) electrons. The highest BCUT2D eigenvalue weighted by Gasteiger charge is 2.21. The smallest absolute Gasteiger partial charge is 0.345 e. The minimum Gasteiger partial charge on any atom is -0.507 e. The van der Waals surface area contributed by atoms with Crippen LogP contribution >= 0.6 is 0 Å². The summed E-state index contributed by atoms with van der Waals surface area (Å²) in [6.07, 6.45) is 1.63. The molecular weight excluding hydrogens is 409 g/mol. The number of aromatic nitrogens is 1. The Hall–Kier alpha value is -3.71. The number of piperazine rings is 1. The summed E-state index contributed by atoms with van der Waals surface area (Å²) in [4.78, 5) is 21.3. The molecule has 0 amide bonds. The van der Waals surface area contributed by atoms with E-state index in [4.69, 9.17) is 4.42 Å². The van der Waals surface area contributed by atoms with Gasteiger partial charge in [-0.1, -0.05) is 6.07 Å². The van der Waals surface area contributed by atoms with Crippen molar-refractivity contribution >= 4 is 16.7 Å². The summed E-state index contributed by atoms with van der Waals surface area (Å²) in [5.74, 6) is -0.140. The number of aromatic hydroxyl groups is 1. The lowest BCUT2D eigenvalue weighted by Gasteiger charge is -2.36. The summed E-state index contributed by atoms with van der Waals surface area (Å²) in [6, 6.07) is 17.0. The van der Waals surface area contributed by atoms with Crippen LogP contribution in [0.3, 0.4) is 0 Å². The van der Waals surface area contributed by atoms with Gasteiger partial charge < -0.3 is 14.4 Å². The van der Waals surface area contributed by atoms with Crippen LogP contribution in [0.25, 0.3) is 22.2 Å². The molecule has 1 fully saturated rings. The third-order valence-electron chi connectivity index (χ3n) is 5.87. The van der Waals surface area contributed by atoms with E-state index >= 15 is 0 Å². The third-order valence-corrected chi connectivity index (χ3v) is 5.87. The number of hydrogen-bond acceptors (Lipinski definition) is 6. The van der Waals surface area contributed by atoms with Crippen LogP contribution in [-0.2, 0) is 6.54 Å². The molecule has 0 aliphatic carbocycles. The van der Waals surface area contributed by atoms with Gasteiger partial charge in [-0.15, -0.1) is 0 Å². The Morgan fingerprint density at radius 2 is 1.78 bits per heavy atom. The molecule has 5 rings (SSSR count). The van der Waals surface area contributed by atoms with Crippen molar-refractivity contribution in [1.29, 1.82) is 0 Å². The normalized spacial score (nSPS) is 14.7. The van der Waals surface area contributed by atoms with Crippen LogP contribution in [-0.4, -0.2) is 41.2 Å². The largest absolute Gasteiger partial charge is 0.507 e. The van der Waals surface area contributed by atoms with E-state index in [1.807, 2.05) is 6.07 Å². The van der Waals surface area contributed by atoms with E-state index in [9.17, 15) is 14.3 Å². The van der Waals surface area contributed by atoms with E-state index in [2.05, 4.69) is 14.8 Å². The van der Waals surface area contributed by atoms with Gasteiger partial charge in [-0.05, 0) is 54.6 Å². The van der Waals surface area contributed by atoms with Crippen LogP contribution in [0.1, 0.15) is 5.56 Å². The van der Waals surface area contributed by atoms with Crippen LogP contribution < -0.4 is 10.5 Å². The van der Waals surface area contributed by atoms with E-state index in [0.717, 1.165) is 37.3 Å². The highest BCUT2D eigenvalue weighted by Crippen LogP contribution is 2.30. The number of rotatable bonds is 4. The Balaban J connectivity index is 1.38. The van der Waals surface area contributed by atoms with Gasteiger partial charge in [-0.2, -0.15) is 0 Å². The average Bonchev–Trinajstić information content (AvgIpc) is 2.82. The average molecular weight is 431 g/mol. The van der Waals surface area contributed by atoms with Gasteiger partial charge in [0, 0.05) is 50.0 Å². The second-order valence-electron chi connectivity index (χ2n) is 7.88. The molecule has 0 atom stereocenters. The Bertz CT molecular complexity index is 1300. The number of phenolic OH excluding ortho intramolecular Hbond substituents is 1. The van der Waals surface area contributed by atoms with Crippen molar-refractivity contribution in [2.45, 2.75) is 6.54 Å². The topological polar surface area (TPSA) is 69.8 Å². The molecule has 0 saturated carbocycles. The zero-order chi connectivity index (χ0) is 22.1. The quantitative estimate of drug-likeness (QED) is 0.492. The molecule has 1 N–H and O–H groups in total. The van der Waals surface area contributed by atoms with Gasteiger partial charge in [0.05, 0.1) is 16.8 Å². The fraction of sp³-hybridized carbons (Fsp3) is 0.200. The molecular formula is C25H22FN3O3. The van der Waals surface area contributed by atoms with E-state index in [1.54, 1.807) is 48.7 Å². The van der Waals surface area contributed by atoms with Crippen LogP contribution in [0.5, 0.6) is 5.75 Å². The van der Waals surface area contributed by atoms with Crippen molar-refractivity contribution in [3.05, 3.63) is 88.7 Å². The Kier molecular flexibility index (Phi) is 5.33. The first-order valence-corrected chi connectivity index (χ1v) is 10.5. The number of halogens is 1. The van der Waals surface area contributed by atoms with Gasteiger partial charge in [0.1, 0.15) is 17.1 Å². The minimum absolute atomic E-state index is 0.104. The number of anilines is 1.